The van der Waals surface area contributed by atoms with Gasteiger partial charge in [-0.2, -0.15) is 0 Å². The quantitative estimate of drug-likeness (QED) is 0.332. The van der Waals surface area contributed by atoms with Gasteiger partial charge in [-0.25, -0.2) is 8.42 Å². The number of non-ortho nitro benzene ring substituents is 1. The summed E-state index contributed by atoms with van der Waals surface area (Å²) in [5, 5.41) is 13.7. The normalized spacial score (nSPS) is 10.9. The van der Waals surface area contributed by atoms with Crippen molar-refractivity contribution in [1.29, 1.82) is 0 Å². The van der Waals surface area contributed by atoms with Crippen LogP contribution in [0.25, 0.3) is 0 Å². The van der Waals surface area contributed by atoms with Crippen molar-refractivity contribution in [2.24, 2.45) is 0 Å². The lowest BCUT2D eigenvalue weighted by atomic mass is 10.1. The Kier molecular flexibility index (Phi) is 7.69. The zero-order valence-corrected chi connectivity index (χ0v) is 19.3. The second-order valence-corrected chi connectivity index (χ2v) is 8.78. The first kappa shape index (κ1) is 24.5. The average molecular weight is 486 g/mol. The van der Waals surface area contributed by atoms with Gasteiger partial charge in [-0.05, 0) is 42.3 Å². The van der Waals surface area contributed by atoms with Crippen LogP contribution >= 0.6 is 0 Å². The highest BCUT2D eigenvalue weighted by Gasteiger charge is 2.20. The van der Waals surface area contributed by atoms with Crippen molar-refractivity contribution in [2.75, 3.05) is 25.5 Å². The Morgan fingerprint density at radius 2 is 1.71 bits per heavy atom. The van der Waals surface area contributed by atoms with Crippen LogP contribution < -0.4 is 19.5 Å². The molecule has 11 heteroatoms. The number of nitrogens with zero attached hydrogens (tertiary/aromatic N) is 1. The van der Waals surface area contributed by atoms with Crippen LogP contribution in [0, 0.1) is 10.1 Å². The van der Waals surface area contributed by atoms with Crippen LogP contribution in [0.1, 0.15) is 15.9 Å². The fraction of sp³-hybridized carbons (Fsp3) is 0.174. The summed E-state index contributed by atoms with van der Waals surface area (Å²) in [5.74, 6) is 0.699. The van der Waals surface area contributed by atoms with Crippen LogP contribution in [0.15, 0.2) is 71.6 Å². The molecule has 0 atom stereocenters. The Morgan fingerprint density at radius 3 is 2.41 bits per heavy atom. The summed E-state index contributed by atoms with van der Waals surface area (Å²) in [4.78, 5) is 22.8. The molecule has 178 valence electrons. The summed E-state index contributed by atoms with van der Waals surface area (Å²) in [5.41, 5.74) is 0.725. The molecule has 0 aliphatic carbocycles. The third-order valence-electron chi connectivity index (χ3n) is 4.90. The van der Waals surface area contributed by atoms with E-state index in [4.69, 9.17) is 9.47 Å². The average Bonchev–Trinajstić information content (AvgIpc) is 2.84. The van der Waals surface area contributed by atoms with Gasteiger partial charge in [-0.3, -0.25) is 19.6 Å². The van der Waals surface area contributed by atoms with Gasteiger partial charge in [0.1, 0.15) is 0 Å². The van der Waals surface area contributed by atoms with E-state index in [0.29, 0.717) is 24.5 Å². The highest BCUT2D eigenvalue weighted by atomic mass is 32.2. The zero-order valence-electron chi connectivity index (χ0n) is 18.5. The summed E-state index contributed by atoms with van der Waals surface area (Å²) >= 11 is 0. The maximum atomic E-state index is 12.8. The number of amides is 1. The number of benzene rings is 3. The molecule has 0 aliphatic rings. The van der Waals surface area contributed by atoms with Crippen molar-refractivity contribution in [2.45, 2.75) is 11.3 Å². The second kappa shape index (κ2) is 10.7. The number of carbonyl (C=O) groups excluding carboxylic acids is 1. The molecule has 3 rings (SSSR count). The molecular formula is C23H23N3O7S. The monoisotopic (exact) mass is 485 g/mol. The minimum Gasteiger partial charge on any atom is -0.493 e. The Hall–Kier alpha value is -4.12. The van der Waals surface area contributed by atoms with E-state index in [-0.39, 0.29) is 21.8 Å². The fourth-order valence-electron chi connectivity index (χ4n) is 3.19. The van der Waals surface area contributed by atoms with Gasteiger partial charge < -0.3 is 14.8 Å². The third kappa shape index (κ3) is 5.81. The van der Waals surface area contributed by atoms with Crippen LogP contribution in [0.3, 0.4) is 0 Å². The summed E-state index contributed by atoms with van der Waals surface area (Å²) < 4.78 is 38.4. The molecule has 0 aliphatic heterocycles. The molecule has 0 aromatic heterocycles. The molecule has 3 aromatic rings. The van der Waals surface area contributed by atoms with E-state index in [0.717, 1.165) is 11.6 Å². The van der Waals surface area contributed by atoms with Crippen molar-refractivity contribution in [1.82, 2.24) is 5.32 Å². The topological polar surface area (TPSA) is 137 Å². The second-order valence-electron chi connectivity index (χ2n) is 7.10. The first-order valence-electron chi connectivity index (χ1n) is 10.1. The predicted molar refractivity (Wildman–Crippen MR) is 126 cm³/mol. The number of rotatable bonds is 10. The van der Waals surface area contributed by atoms with E-state index in [1.54, 1.807) is 25.3 Å². The van der Waals surface area contributed by atoms with Gasteiger partial charge in [0.25, 0.3) is 21.6 Å². The third-order valence-corrected chi connectivity index (χ3v) is 6.27. The predicted octanol–water partition coefficient (Wildman–Crippen LogP) is 3.39. The molecule has 0 heterocycles. The summed E-state index contributed by atoms with van der Waals surface area (Å²) in [6.07, 6.45) is 0.508. The Labute approximate surface area is 196 Å². The van der Waals surface area contributed by atoms with E-state index >= 15 is 0 Å². The zero-order chi connectivity index (χ0) is 24.7. The Balaban J connectivity index is 1.72. The number of hydrogen-bond donors (Lipinski definition) is 2. The number of sulfonamides is 1. The lowest BCUT2D eigenvalue weighted by Crippen LogP contribution is -2.27. The molecule has 2 N–H and O–H groups in total. The maximum absolute atomic E-state index is 12.8. The lowest BCUT2D eigenvalue weighted by molar-refractivity contribution is -0.385. The van der Waals surface area contributed by atoms with E-state index in [1.165, 1.54) is 37.4 Å². The van der Waals surface area contributed by atoms with Gasteiger partial charge in [0.15, 0.2) is 11.5 Å². The number of nitro benzene ring substituents is 1. The fourth-order valence-corrected chi connectivity index (χ4v) is 4.31. The van der Waals surface area contributed by atoms with E-state index in [2.05, 4.69) is 10.0 Å². The van der Waals surface area contributed by atoms with Crippen LogP contribution in [0.2, 0.25) is 0 Å². The van der Waals surface area contributed by atoms with Gasteiger partial charge in [0.05, 0.1) is 35.3 Å². The standard InChI is InChI=1S/C23H23N3O7S/c1-32-21-11-10-16(14-22(21)33-2)12-13-24-23(27)19-8-3-4-9-20(19)25-34(30,31)18-7-5-6-17(15-18)26(28)29/h3-11,14-15,25H,12-13H2,1-2H3,(H,24,27). The van der Waals surface area contributed by atoms with Crippen molar-refractivity contribution in [3.8, 4) is 11.5 Å². The van der Waals surface area contributed by atoms with Gasteiger partial charge in [0.2, 0.25) is 0 Å². The molecule has 0 unspecified atom stereocenters. The number of nitro groups is 1. The maximum Gasteiger partial charge on any atom is 0.270 e. The minimum atomic E-state index is -4.16. The summed E-state index contributed by atoms with van der Waals surface area (Å²) in [6, 6.07) is 16.2. The smallest absolute Gasteiger partial charge is 0.270 e. The first-order chi connectivity index (χ1) is 16.2. The first-order valence-corrected chi connectivity index (χ1v) is 11.6. The molecule has 0 bridgehead atoms. The van der Waals surface area contributed by atoms with Crippen molar-refractivity contribution < 1.29 is 27.6 Å². The van der Waals surface area contributed by atoms with Gasteiger partial charge in [0, 0.05) is 18.7 Å². The molecule has 0 radical (unpaired) electrons. The molecule has 1 amide bonds. The van der Waals surface area contributed by atoms with Gasteiger partial charge in [-0.1, -0.05) is 24.3 Å². The van der Waals surface area contributed by atoms with Crippen LogP contribution in [-0.2, 0) is 16.4 Å². The number of methoxy groups -OCH3 is 2. The van der Waals surface area contributed by atoms with E-state index in [9.17, 15) is 23.3 Å². The number of ether oxygens (including phenoxy) is 2. The number of carbonyl (C=O) groups is 1. The molecule has 0 saturated carbocycles. The lowest BCUT2D eigenvalue weighted by Gasteiger charge is -2.13. The molecule has 3 aromatic carbocycles. The van der Waals surface area contributed by atoms with E-state index < -0.39 is 20.9 Å². The largest absolute Gasteiger partial charge is 0.493 e. The highest BCUT2D eigenvalue weighted by Crippen LogP contribution is 2.27. The molecule has 0 fully saturated rings. The van der Waals surface area contributed by atoms with Gasteiger partial charge in [-0.15, -0.1) is 0 Å². The summed E-state index contributed by atoms with van der Waals surface area (Å²) in [6.45, 7) is 0.292. The summed E-state index contributed by atoms with van der Waals surface area (Å²) in [7, 11) is -1.08. The Bertz CT molecular complexity index is 1310. The molecule has 0 saturated heterocycles. The molecule has 10 nitrogen and oxygen atoms in total. The molecular weight excluding hydrogens is 462 g/mol. The van der Waals surface area contributed by atoms with Crippen molar-refractivity contribution in [3.63, 3.8) is 0 Å². The van der Waals surface area contributed by atoms with Crippen LogP contribution in [0.4, 0.5) is 11.4 Å². The number of hydrogen-bond acceptors (Lipinski definition) is 7. The van der Waals surface area contributed by atoms with Gasteiger partial charge >= 0.3 is 0 Å². The van der Waals surface area contributed by atoms with Crippen molar-refractivity contribution >= 4 is 27.3 Å². The van der Waals surface area contributed by atoms with Crippen molar-refractivity contribution in [3.05, 3.63) is 88.0 Å². The Morgan fingerprint density at radius 1 is 0.971 bits per heavy atom. The molecule has 34 heavy (non-hydrogen) atoms. The molecule has 0 spiro atoms. The highest BCUT2D eigenvalue weighted by molar-refractivity contribution is 7.92. The number of nitrogens with one attached hydrogen (secondary N) is 2. The minimum absolute atomic E-state index is 0.0534. The van der Waals surface area contributed by atoms with Crippen LogP contribution in [-0.4, -0.2) is 40.0 Å². The number of para-hydroxylation sites is 1. The SMILES string of the molecule is COc1ccc(CCNC(=O)c2ccccc2NS(=O)(=O)c2cccc([N+](=O)[O-])c2)cc1OC. The number of anilines is 1. The van der Waals surface area contributed by atoms with E-state index in [1.807, 2.05) is 12.1 Å². The van der Waals surface area contributed by atoms with Crippen LogP contribution in [0.5, 0.6) is 11.5 Å².